The smallest absolute Gasteiger partial charge is 0.136 e. The lowest BCUT2D eigenvalue weighted by Gasteiger charge is -2.41. The van der Waals surface area contributed by atoms with Crippen molar-refractivity contribution in [1.29, 1.82) is 0 Å². The molecule has 0 radical (unpaired) electrons. The van der Waals surface area contributed by atoms with Gasteiger partial charge in [0.05, 0.1) is 33.2 Å². The quantitative estimate of drug-likeness (QED) is 0.145. The third kappa shape index (κ3) is 7.60. The Morgan fingerprint density at radius 1 is 0.246 bits per heavy atom. The summed E-state index contributed by atoms with van der Waals surface area (Å²) in [6.45, 7) is 27.3. The van der Waals surface area contributed by atoms with Crippen molar-refractivity contribution in [3.8, 4) is 33.4 Å². The van der Waals surface area contributed by atoms with Gasteiger partial charge in [-0.3, -0.25) is 15.0 Å². The summed E-state index contributed by atoms with van der Waals surface area (Å²) < 4.78 is 0. The van der Waals surface area contributed by atoms with Gasteiger partial charge < -0.3 is 14.7 Å². The minimum absolute atomic E-state index is 0.301. The average molecular weight is 907 g/mol. The topological polar surface area (TPSA) is 46.8 Å². The molecule has 7 aromatic carbocycles. The molecule has 0 spiro atoms. The van der Waals surface area contributed by atoms with Gasteiger partial charge in [-0.1, -0.05) is 127 Å². The van der Waals surface area contributed by atoms with Crippen LogP contribution in [0.15, 0.2) is 197 Å². The lowest BCUT2D eigenvalue weighted by atomic mass is 9.82. The van der Waals surface area contributed by atoms with Crippen LogP contribution in [0.1, 0.15) is 99.8 Å². The first-order valence-electron chi connectivity index (χ1n) is 24.5. The Kier molecular flexibility index (Phi) is 10.8. The van der Waals surface area contributed by atoms with Gasteiger partial charge >= 0.3 is 0 Å². The molecule has 6 nitrogen and oxygen atoms in total. The average Bonchev–Trinajstić information content (AvgIpc) is 3.76. The van der Waals surface area contributed by atoms with Crippen LogP contribution in [0.4, 0.5) is 17.1 Å². The molecule has 0 atom stereocenters. The van der Waals surface area contributed by atoms with Gasteiger partial charge in [-0.05, 0) is 171 Å². The number of nitrogens with zero attached hydrogens (tertiary/aromatic N) is 6. The van der Waals surface area contributed by atoms with Crippen LogP contribution in [0.2, 0.25) is 0 Å². The second-order valence-corrected chi connectivity index (χ2v) is 22.2. The predicted octanol–water partition coefficient (Wildman–Crippen LogP) is 15.2. The van der Waals surface area contributed by atoms with E-state index in [4.69, 9.17) is 15.0 Å². The molecule has 3 heterocycles. The summed E-state index contributed by atoms with van der Waals surface area (Å²) in [6.07, 6.45) is 0. The molecule has 348 valence electrons. The van der Waals surface area contributed by atoms with E-state index in [9.17, 15) is 0 Å². The van der Waals surface area contributed by atoms with Crippen molar-refractivity contribution in [2.45, 2.75) is 116 Å². The van der Waals surface area contributed by atoms with E-state index in [1.54, 1.807) is 0 Å². The molecular weight excluding hydrogens is 841 g/mol. The number of hydrogen-bond donors (Lipinski definition) is 0. The Bertz CT molecular complexity index is 2820. The van der Waals surface area contributed by atoms with Crippen LogP contribution in [0.3, 0.4) is 0 Å². The van der Waals surface area contributed by atoms with E-state index in [0.717, 1.165) is 84.6 Å². The maximum atomic E-state index is 5.40. The number of hydrogen-bond acceptors (Lipinski definition) is 6. The zero-order valence-corrected chi connectivity index (χ0v) is 42.5. The fourth-order valence-corrected chi connectivity index (χ4v) is 10.2. The Labute approximate surface area is 410 Å². The maximum Gasteiger partial charge on any atom is 0.136 e. The second-order valence-electron chi connectivity index (χ2n) is 22.2. The highest BCUT2D eigenvalue weighted by Crippen LogP contribution is 2.47. The summed E-state index contributed by atoms with van der Waals surface area (Å²) >= 11 is 0. The minimum atomic E-state index is -0.328. The summed E-state index contributed by atoms with van der Waals surface area (Å²) in [7, 11) is 0. The molecule has 69 heavy (non-hydrogen) atoms. The van der Waals surface area contributed by atoms with E-state index in [1.165, 1.54) is 0 Å². The van der Waals surface area contributed by atoms with E-state index in [-0.39, 0.29) is 33.2 Å². The molecule has 10 rings (SSSR count). The molecule has 0 saturated heterocycles. The van der Waals surface area contributed by atoms with E-state index in [0.29, 0.717) is 0 Å². The monoisotopic (exact) mass is 907 g/mol. The van der Waals surface area contributed by atoms with Crippen LogP contribution < -0.4 is 14.7 Å². The zero-order valence-electron chi connectivity index (χ0n) is 42.5. The molecule has 0 fully saturated rings. The molecule has 6 heteroatoms. The van der Waals surface area contributed by atoms with Crippen molar-refractivity contribution in [1.82, 2.24) is 0 Å². The lowest BCUT2D eigenvalue weighted by Crippen LogP contribution is -2.53. The molecule has 3 aliphatic rings. The predicted molar refractivity (Wildman–Crippen MR) is 294 cm³/mol. The Hall–Kier alpha value is -7.05. The minimum Gasteiger partial charge on any atom is -0.318 e. The number of rotatable bonds is 9. The molecule has 0 unspecified atom stereocenters. The van der Waals surface area contributed by atoms with Crippen LogP contribution in [0.5, 0.6) is 0 Å². The maximum absolute atomic E-state index is 5.40. The van der Waals surface area contributed by atoms with Gasteiger partial charge in [0.15, 0.2) is 0 Å². The largest absolute Gasteiger partial charge is 0.318 e. The van der Waals surface area contributed by atoms with E-state index in [2.05, 4.69) is 280 Å². The standard InChI is InChI=1S/C63H66N6/c1-58(2)61(7,8)67(55(64-58)43-25-16-13-17-26-43)52-34-22-31-46(40-52)49-37-50(47-32-23-35-53(41-47)68-56(44-27-18-14-19-28-44)65-59(3,4)62(68,9)10)39-51(38-49)48-33-24-36-54(42-48)69-57(45-29-20-15-21-30-45)66-60(5,6)63(69,11)12/h13-42H,1-12H3. The van der Waals surface area contributed by atoms with Crippen LogP contribution in [0.25, 0.3) is 33.4 Å². The molecule has 0 saturated carbocycles. The number of aliphatic imine (C=N–C) groups is 3. The van der Waals surface area contributed by atoms with Gasteiger partial charge in [0.25, 0.3) is 0 Å². The van der Waals surface area contributed by atoms with Crippen molar-refractivity contribution in [2.75, 3.05) is 14.7 Å². The summed E-state index contributed by atoms with van der Waals surface area (Å²) in [6, 6.07) is 66.1. The molecule has 0 aliphatic carbocycles. The van der Waals surface area contributed by atoms with Crippen molar-refractivity contribution in [3.63, 3.8) is 0 Å². The molecule has 0 N–H and O–H groups in total. The Morgan fingerprint density at radius 2 is 0.478 bits per heavy atom. The van der Waals surface area contributed by atoms with Gasteiger partial charge in [0.2, 0.25) is 0 Å². The van der Waals surface area contributed by atoms with Crippen molar-refractivity contribution >= 4 is 34.6 Å². The fraction of sp³-hybridized carbons (Fsp3) is 0.286. The van der Waals surface area contributed by atoms with Crippen LogP contribution >= 0.6 is 0 Å². The van der Waals surface area contributed by atoms with Gasteiger partial charge in [0, 0.05) is 33.8 Å². The third-order valence-corrected chi connectivity index (χ3v) is 16.3. The molecule has 0 amide bonds. The lowest BCUT2D eigenvalue weighted by molar-refractivity contribution is 0.338. The van der Waals surface area contributed by atoms with E-state index < -0.39 is 0 Å². The number of amidine groups is 3. The molecule has 3 aliphatic heterocycles. The highest BCUT2D eigenvalue weighted by molar-refractivity contribution is 6.15. The zero-order chi connectivity index (χ0) is 48.7. The molecular formula is C63H66N6. The summed E-state index contributed by atoms with van der Waals surface area (Å²) in [5, 5.41) is 0. The van der Waals surface area contributed by atoms with Crippen LogP contribution in [0, 0.1) is 0 Å². The Balaban J connectivity index is 1.13. The van der Waals surface area contributed by atoms with Crippen molar-refractivity contribution in [2.24, 2.45) is 15.0 Å². The van der Waals surface area contributed by atoms with Crippen molar-refractivity contribution in [3.05, 3.63) is 199 Å². The van der Waals surface area contributed by atoms with E-state index in [1.807, 2.05) is 0 Å². The highest BCUT2D eigenvalue weighted by atomic mass is 15.4. The van der Waals surface area contributed by atoms with Crippen LogP contribution in [-0.2, 0) is 0 Å². The van der Waals surface area contributed by atoms with E-state index >= 15 is 0 Å². The molecule has 0 bridgehead atoms. The van der Waals surface area contributed by atoms with Gasteiger partial charge in [-0.2, -0.15) is 0 Å². The summed E-state index contributed by atoms with van der Waals surface area (Å²) in [5.74, 6) is 2.97. The first-order valence-corrected chi connectivity index (χ1v) is 24.5. The van der Waals surface area contributed by atoms with Crippen molar-refractivity contribution < 1.29 is 0 Å². The summed E-state index contributed by atoms with van der Waals surface area (Å²) in [5.41, 5.74) is 11.6. The highest BCUT2D eigenvalue weighted by Gasteiger charge is 2.52. The van der Waals surface area contributed by atoms with Gasteiger partial charge in [0.1, 0.15) is 17.5 Å². The third-order valence-electron chi connectivity index (χ3n) is 16.3. The first-order chi connectivity index (χ1) is 32.7. The Morgan fingerprint density at radius 3 is 0.725 bits per heavy atom. The van der Waals surface area contributed by atoms with Gasteiger partial charge in [-0.25, -0.2) is 0 Å². The first kappa shape index (κ1) is 45.7. The second kappa shape index (κ2) is 16.3. The number of benzene rings is 7. The fourth-order valence-electron chi connectivity index (χ4n) is 10.2. The molecule has 0 aromatic heterocycles. The normalized spacial score (nSPS) is 19.3. The van der Waals surface area contributed by atoms with Gasteiger partial charge in [-0.15, -0.1) is 0 Å². The summed E-state index contributed by atoms with van der Waals surface area (Å²) in [4.78, 5) is 23.5. The number of anilines is 3. The van der Waals surface area contributed by atoms with Crippen LogP contribution in [-0.4, -0.2) is 50.7 Å². The SMILES string of the molecule is CC1(C)N=C(c2ccccc2)N(c2cccc(-c3cc(-c4cccc(N5C(c6ccccc6)=NC(C)(C)C5(C)C)c4)cc(-c4cccc(N5C(c6ccccc6)=NC(C)(C)C5(C)C)c4)c3)c2)C1(C)C. The molecule has 7 aromatic rings.